The van der Waals surface area contributed by atoms with Crippen LogP contribution in [0.5, 0.6) is 0 Å². The predicted octanol–water partition coefficient (Wildman–Crippen LogP) is 3.63. The largest absolute Gasteiger partial charge is 0.353 e. The van der Waals surface area contributed by atoms with E-state index in [1.54, 1.807) is 0 Å². The number of ether oxygens (including phenoxy) is 2. The summed E-state index contributed by atoms with van der Waals surface area (Å²) in [7, 11) is 0. The van der Waals surface area contributed by atoms with Crippen LogP contribution in [0.2, 0.25) is 0 Å². The Balaban J connectivity index is 2.43. The molecule has 1 atom stereocenters. The fraction of sp³-hybridized carbons (Fsp3) is 0.571. The Morgan fingerprint density at radius 1 is 1.06 bits per heavy atom. The second-order valence-corrected chi connectivity index (χ2v) is 4.99. The zero-order valence-corrected chi connectivity index (χ0v) is 12.7. The van der Waals surface area contributed by atoms with Crippen molar-refractivity contribution in [3.63, 3.8) is 0 Å². The number of nitrogens with two attached hydrogens (primary N) is 1. The lowest BCUT2D eigenvalue weighted by atomic mass is 10.0. The Hall–Kier alpha value is -0.420. The third-order valence-electron chi connectivity index (χ3n) is 2.72. The van der Waals surface area contributed by atoms with Crippen molar-refractivity contribution in [3.05, 3.63) is 34.3 Å². The van der Waals surface area contributed by atoms with Crippen molar-refractivity contribution in [2.45, 2.75) is 39.0 Å². The van der Waals surface area contributed by atoms with E-state index in [-0.39, 0.29) is 12.3 Å². The van der Waals surface area contributed by atoms with Crippen LogP contribution in [0.1, 0.15) is 38.3 Å². The lowest BCUT2D eigenvalue weighted by molar-refractivity contribution is -0.140. The monoisotopic (exact) mass is 315 g/mol. The molecule has 0 aromatic heterocycles. The van der Waals surface area contributed by atoms with E-state index in [9.17, 15) is 0 Å². The Morgan fingerprint density at radius 2 is 1.61 bits per heavy atom. The molecule has 0 bridgehead atoms. The lowest BCUT2D eigenvalue weighted by Crippen LogP contribution is -2.20. The van der Waals surface area contributed by atoms with Crippen molar-refractivity contribution in [3.8, 4) is 0 Å². The first-order chi connectivity index (χ1) is 8.67. The molecule has 1 aromatic carbocycles. The van der Waals surface area contributed by atoms with Gasteiger partial charge >= 0.3 is 0 Å². The van der Waals surface area contributed by atoms with E-state index in [2.05, 4.69) is 15.9 Å². The highest BCUT2D eigenvalue weighted by atomic mass is 79.9. The van der Waals surface area contributed by atoms with Crippen LogP contribution in [0.3, 0.4) is 0 Å². The summed E-state index contributed by atoms with van der Waals surface area (Å²) >= 11 is 3.42. The van der Waals surface area contributed by atoms with Gasteiger partial charge < -0.3 is 15.2 Å². The van der Waals surface area contributed by atoms with E-state index in [0.29, 0.717) is 13.2 Å². The van der Waals surface area contributed by atoms with Crippen LogP contribution in [0.25, 0.3) is 0 Å². The summed E-state index contributed by atoms with van der Waals surface area (Å²) < 4.78 is 12.1. The molecule has 1 aromatic rings. The van der Waals surface area contributed by atoms with Crippen LogP contribution in [-0.4, -0.2) is 19.5 Å². The Labute approximate surface area is 118 Å². The number of benzene rings is 1. The molecule has 0 radical (unpaired) electrons. The summed E-state index contributed by atoms with van der Waals surface area (Å²) in [6, 6.07) is 8.15. The van der Waals surface area contributed by atoms with Crippen molar-refractivity contribution in [2.75, 3.05) is 13.2 Å². The van der Waals surface area contributed by atoms with Gasteiger partial charge in [-0.05, 0) is 38.0 Å². The summed E-state index contributed by atoms with van der Waals surface area (Å²) in [5.41, 5.74) is 7.30. The first-order valence-electron chi connectivity index (χ1n) is 6.41. The molecule has 0 amide bonds. The highest BCUT2D eigenvalue weighted by Gasteiger charge is 2.12. The molecule has 0 saturated carbocycles. The highest BCUT2D eigenvalue weighted by Crippen LogP contribution is 2.20. The lowest BCUT2D eigenvalue weighted by Gasteiger charge is -2.19. The van der Waals surface area contributed by atoms with Gasteiger partial charge in [0.05, 0.1) is 0 Å². The number of hydrogen-bond donors (Lipinski definition) is 1. The zero-order chi connectivity index (χ0) is 13.4. The number of halogens is 1. The van der Waals surface area contributed by atoms with Gasteiger partial charge in [-0.3, -0.25) is 0 Å². The van der Waals surface area contributed by atoms with Gasteiger partial charge in [-0.25, -0.2) is 0 Å². The average Bonchev–Trinajstić information content (AvgIpc) is 2.37. The van der Waals surface area contributed by atoms with Gasteiger partial charge in [-0.1, -0.05) is 28.1 Å². The van der Waals surface area contributed by atoms with Crippen LogP contribution >= 0.6 is 15.9 Å². The van der Waals surface area contributed by atoms with E-state index in [0.717, 1.165) is 22.9 Å². The maximum atomic E-state index is 6.16. The van der Waals surface area contributed by atoms with E-state index in [1.807, 2.05) is 38.1 Å². The predicted molar refractivity (Wildman–Crippen MR) is 77.3 cm³/mol. The molecule has 4 heteroatoms. The number of hydrogen-bond acceptors (Lipinski definition) is 3. The molecule has 0 aliphatic rings. The molecule has 0 saturated heterocycles. The Kier molecular flexibility index (Phi) is 7.51. The molecule has 2 N–H and O–H groups in total. The van der Waals surface area contributed by atoms with E-state index in [4.69, 9.17) is 15.2 Å². The fourth-order valence-electron chi connectivity index (χ4n) is 1.78. The molecule has 0 heterocycles. The van der Waals surface area contributed by atoms with Gasteiger partial charge in [0.2, 0.25) is 0 Å². The first kappa shape index (κ1) is 15.6. The second-order valence-electron chi connectivity index (χ2n) is 4.08. The van der Waals surface area contributed by atoms with Crippen molar-refractivity contribution in [1.29, 1.82) is 0 Å². The Bertz CT molecular complexity index is 323. The normalized spacial score (nSPS) is 12.9. The van der Waals surface area contributed by atoms with Crippen LogP contribution in [0.15, 0.2) is 28.7 Å². The van der Waals surface area contributed by atoms with Crippen LogP contribution in [0.4, 0.5) is 0 Å². The van der Waals surface area contributed by atoms with Gasteiger partial charge in [0.25, 0.3) is 0 Å². The molecular weight excluding hydrogens is 294 g/mol. The second kappa shape index (κ2) is 8.64. The van der Waals surface area contributed by atoms with E-state index < -0.39 is 0 Å². The summed E-state index contributed by atoms with van der Waals surface area (Å²) in [4.78, 5) is 0. The van der Waals surface area contributed by atoms with Crippen molar-refractivity contribution in [2.24, 2.45) is 5.73 Å². The molecule has 0 unspecified atom stereocenters. The van der Waals surface area contributed by atoms with Crippen molar-refractivity contribution in [1.82, 2.24) is 0 Å². The van der Waals surface area contributed by atoms with Crippen molar-refractivity contribution >= 4 is 15.9 Å². The van der Waals surface area contributed by atoms with Gasteiger partial charge in [-0.2, -0.15) is 0 Å². The van der Waals surface area contributed by atoms with Crippen LogP contribution < -0.4 is 5.73 Å². The third kappa shape index (κ3) is 5.48. The first-order valence-corrected chi connectivity index (χ1v) is 7.20. The minimum atomic E-state index is -0.138. The summed E-state index contributed by atoms with van der Waals surface area (Å²) in [5, 5.41) is 0. The smallest absolute Gasteiger partial charge is 0.157 e. The quantitative estimate of drug-likeness (QED) is 0.745. The molecule has 0 aliphatic heterocycles. The standard InChI is InChI=1S/C14H22BrNO2/c1-3-17-14(18-4-2)10-9-13(16)11-5-7-12(15)8-6-11/h5-8,13-14H,3-4,9-10,16H2,1-2H3/t13-/m0/s1. The molecular formula is C14H22BrNO2. The van der Waals surface area contributed by atoms with Gasteiger partial charge in [0.15, 0.2) is 6.29 Å². The molecule has 18 heavy (non-hydrogen) atoms. The highest BCUT2D eigenvalue weighted by molar-refractivity contribution is 9.10. The SMILES string of the molecule is CCOC(CC[C@H](N)c1ccc(Br)cc1)OCC. The number of rotatable bonds is 8. The average molecular weight is 316 g/mol. The molecule has 102 valence electrons. The molecule has 0 fully saturated rings. The van der Waals surface area contributed by atoms with Crippen molar-refractivity contribution < 1.29 is 9.47 Å². The molecule has 0 aliphatic carbocycles. The molecule has 0 spiro atoms. The molecule has 1 rings (SSSR count). The topological polar surface area (TPSA) is 44.5 Å². The van der Waals surface area contributed by atoms with E-state index >= 15 is 0 Å². The third-order valence-corrected chi connectivity index (χ3v) is 3.25. The summed E-state index contributed by atoms with van der Waals surface area (Å²) in [6.45, 7) is 5.28. The minimum Gasteiger partial charge on any atom is -0.353 e. The van der Waals surface area contributed by atoms with Gasteiger partial charge in [-0.15, -0.1) is 0 Å². The molecule has 3 nitrogen and oxygen atoms in total. The Morgan fingerprint density at radius 3 is 2.11 bits per heavy atom. The van der Waals surface area contributed by atoms with Crippen LogP contribution in [-0.2, 0) is 9.47 Å². The summed E-state index contributed by atoms with van der Waals surface area (Å²) in [5.74, 6) is 0. The maximum absolute atomic E-state index is 6.16. The minimum absolute atomic E-state index is 0.0292. The van der Waals surface area contributed by atoms with Crippen LogP contribution in [0, 0.1) is 0 Å². The van der Waals surface area contributed by atoms with Gasteiger partial charge in [0, 0.05) is 30.1 Å². The van der Waals surface area contributed by atoms with Gasteiger partial charge in [0.1, 0.15) is 0 Å². The maximum Gasteiger partial charge on any atom is 0.157 e. The fourth-order valence-corrected chi connectivity index (χ4v) is 2.04. The summed E-state index contributed by atoms with van der Waals surface area (Å²) in [6.07, 6.45) is 1.53. The zero-order valence-electron chi connectivity index (χ0n) is 11.1. The van der Waals surface area contributed by atoms with E-state index in [1.165, 1.54) is 0 Å².